The van der Waals surface area contributed by atoms with Crippen LogP contribution in [0, 0.1) is 6.92 Å². The lowest BCUT2D eigenvalue weighted by Gasteiger charge is -2.12. The van der Waals surface area contributed by atoms with Crippen molar-refractivity contribution in [3.63, 3.8) is 0 Å². The van der Waals surface area contributed by atoms with Crippen LogP contribution in [-0.4, -0.2) is 38.0 Å². The Balaban J connectivity index is 1.86. The molecule has 0 spiro atoms. The van der Waals surface area contributed by atoms with Crippen LogP contribution in [0.2, 0.25) is 0 Å². The second kappa shape index (κ2) is 9.05. The van der Waals surface area contributed by atoms with E-state index in [9.17, 15) is 26.4 Å². The van der Waals surface area contributed by atoms with E-state index in [4.69, 9.17) is 4.74 Å². The Morgan fingerprint density at radius 1 is 1.14 bits per heavy atom. The number of pyridine rings is 1. The van der Waals surface area contributed by atoms with Crippen LogP contribution in [0.5, 0.6) is 5.75 Å². The van der Waals surface area contributed by atoms with Crippen molar-refractivity contribution in [2.45, 2.75) is 30.3 Å². The van der Waals surface area contributed by atoms with E-state index in [1.165, 1.54) is 6.07 Å². The Morgan fingerprint density at radius 2 is 1.82 bits per heavy atom. The van der Waals surface area contributed by atoms with Gasteiger partial charge in [-0.15, -0.1) is 0 Å². The lowest BCUT2D eigenvalue weighted by molar-refractivity contribution is -0.0438. The summed E-state index contributed by atoms with van der Waals surface area (Å²) in [7, 11) is -5.72. The fourth-order valence-electron chi connectivity index (χ4n) is 2.24. The van der Waals surface area contributed by atoms with E-state index in [0.29, 0.717) is 25.2 Å². The number of alkyl halides is 3. The van der Waals surface area contributed by atoms with E-state index in [-0.39, 0.29) is 6.54 Å². The highest BCUT2D eigenvalue weighted by Crippen LogP contribution is 2.30. The topological polar surface area (TPSA) is 85.4 Å². The molecule has 0 aliphatic heterocycles. The van der Waals surface area contributed by atoms with Gasteiger partial charge in [0.25, 0.3) is 15.7 Å². The van der Waals surface area contributed by atoms with E-state index >= 15 is 0 Å². The molecule has 0 aliphatic rings. The molecule has 6 nitrogen and oxygen atoms in total. The van der Waals surface area contributed by atoms with Gasteiger partial charge in [-0.3, -0.25) is 4.79 Å². The molecule has 1 aromatic heterocycles. The first-order chi connectivity index (χ1) is 13.1. The average Bonchev–Trinajstić information content (AvgIpc) is 2.65. The van der Waals surface area contributed by atoms with Crippen LogP contribution >= 0.6 is 0 Å². The van der Waals surface area contributed by atoms with Gasteiger partial charge in [-0.25, -0.2) is 13.4 Å². The Bertz CT molecular complexity index is 913. The maximum atomic E-state index is 12.7. The number of ether oxygens (including phenoxy) is 1. The molecule has 0 saturated heterocycles. The van der Waals surface area contributed by atoms with Gasteiger partial charge < -0.3 is 10.1 Å². The number of aryl methyl sites for hydroxylation is 1. The van der Waals surface area contributed by atoms with E-state index in [2.05, 4.69) is 10.3 Å². The highest BCUT2D eigenvalue weighted by Gasteiger charge is 2.49. The number of unbranched alkanes of at least 4 members (excludes halogenated alkanes) is 1. The summed E-state index contributed by atoms with van der Waals surface area (Å²) in [6, 6.07) is 9.68. The molecule has 0 bridgehead atoms. The molecule has 0 radical (unpaired) electrons. The van der Waals surface area contributed by atoms with Crippen molar-refractivity contribution in [3.05, 3.63) is 53.7 Å². The zero-order chi connectivity index (χ0) is 20.8. The third-order valence-corrected chi connectivity index (χ3v) is 5.17. The first-order valence-electron chi connectivity index (χ1n) is 8.37. The molecular formula is C18H19F3N2O4S. The lowest BCUT2D eigenvalue weighted by atomic mass is 10.2. The van der Waals surface area contributed by atoms with Crippen molar-refractivity contribution >= 4 is 15.7 Å². The number of nitrogens with one attached hydrogen (secondary N) is 1. The highest BCUT2D eigenvalue weighted by molar-refractivity contribution is 7.92. The number of nitrogens with zero attached hydrogens (tertiary/aromatic N) is 1. The molecule has 0 aliphatic carbocycles. The van der Waals surface area contributed by atoms with Crippen molar-refractivity contribution in [1.82, 2.24) is 10.3 Å². The Hall–Kier alpha value is -2.62. The summed E-state index contributed by atoms with van der Waals surface area (Å²) >= 11 is 0. The van der Waals surface area contributed by atoms with Gasteiger partial charge in [-0.05, 0) is 44.0 Å². The summed E-state index contributed by atoms with van der Waals surface area (Å²) < 4.78 is 66.9. The van der Waals surface area contributed by atoms with Gasteiger partial charge in [0.1, 0.15) is 5.75 Å². The molecule has 2 aromatic rings. The van der Waals surface area contributed by atoms with Gasteiger partial charge in [-0.2, -0.15) is 13.2 Å². The van der Waals surface area contributed by atoms with Crippen molar-refractivity contribution < 1.29 is 31.1 Å². The van der Waals surface area contributed by atoms with Gasteiger partial charge in [0, 0.05) is 12.7 Å². The molecule has 1 heterocycles. The number of carbonyl (C=O) groups is 1. The number of carbonyl (C=O) groups excluding carboxylic acids is 1. The summed E-state index contributed by atoms with van der Waals surface area (Å²) in [5.41, 5.74) is -5.07. The summed E-state index contributed by atoms with van der Waals surface area (Å²) in [6.07, 6.45) is 1.98. The van der Waals surface area contributed by atoms with Gasteiger partial charge >= 0.3 is 5.51 Å². The molecular weight excluding hydrogens is 397 g/mol. The van der Waals surface area contributed by atoms with Crippen LogP contribution < -0.4 is 10.1 Å². The molecule has 0 unspecified atom stereocenters. The summed E-state index contributed by atoms with van der Waals surface area (Å²) in [5.74, 6) is -0.220. The first-order valence-corrected chi connectivity index (χ1v) is 9.85. The fraction of sp³-hybridized carbons (Fsp3) is 0.333. The third-order valence-electron chi connectivity index (χ3n) is 3.72. The summed E-state index contributed by atoms with van der Waals surface area (Å²) in [6.45, 7) is 2.51. The number of aromatic nitrogens is 1. The molecule has 2 rings (SSSR count). The quantitative estimate of drug-likeness (QED) is 0.668. The Morgan fingerprint density at radius 3 is 2.46 bits per heavy atom. The van der Waals surface area contributed by atoms with Gasteiger partial charge in [0.2, 0.25) is 0 Å². The third kappa shape index (κ3) is 5.44. The molecule has 28 heavy (non-hydrogen) atoms. The van der Waals surface area contributed by atoms with E-state index in [1.807, 2.05) is 31.2 Å². The maximum Gasteiger partial charge on any atom is 0.503 e. The molecule has 0 atom stereocenters. The van der Waals surface area contributed by atoms with Crippen LogP contribution in [-0.2, 0) is 9.84 Å². The lowest BCUT2D eigenvalue weighted by Crippen LogP contribution is -2.30. The number of halogens is 3. The minimum Gasteiger partial charge on any atom is -0.494 e. The van der Waals surface area contributed by atoms with Crippen molar-refractivity contribution in [2.24, 2.45) is 0 Å². The smallest absolute Gasteiger partial charge is 0.494 e. The summed E-state index contributed by atoms with van der Waals surface area (Å²) in [5, 5.41) is 1.10. The highest BCUT2D eigenvalue weighted by atomic mass is 32.2. The van der Waals surface area contributed by atoms with Gasteiger partial charge in [-0.1, -0.05) is 17.7 Å². The molecule has 1 aromatic carbocycles. The molecule has 152 valence electrons. The van der Waals surface area contributed by atoms with Crippen LogP contribution in [0.25, 0.3) is 0 Å². The van der Waals surface area contributed by atoms with Gasteiger partial charge in [0.05, 0.1) is 12.2 Å². The summed E-state index contributed by atoms with van der Waals surface area (Å²) in [4.78, 5) is 15.4. The molecule has 1 N–H and O–H groups in total. The number of benzene rings is 1. The number of hydrogen-bond donors (Lipinski definition) is 1. The number of rotatable bonds is 8. The monoisotopic (exact) mass is 416 g/mol. The predicted octanol–water partition coefficient (Wildman–Crippen LogP) is 3.27. The van der Waals surface area contributed by atoms with E-state index in [0.717, 1.165) is 17.8 Å². The maximum absolute atomic E-state index is 12.7. The van der Waals surface area contributed by atoms with E-state index < -0.39 is 31.8 Å². The molecule has 10 heteroatoms. The fourth-order valence-corrected chi connectivity index (χ4v) is 3.11. The van der Waals surface area contributed by atoms with E-state index in [1.54, 1.807) is 0 Å². The standard InChI is InChI=1S/C18H19F3N2O4S/c1-13-6-8-14(9-7-13)27-12-3-2-10-22-16(24)15-5-4-11-23-17(15)28(25,26)18(19,20)21/h4-9,11H,2-3,10,12H2,1H3,(H,22,24). The van der Waals surface area contributed by atoms with Crippen LogP contribution in [0.4, 0.5) is 13.2 Å². The minimum absolute atomic E-state index is 0.149. The number of amides is 1. The number of hydrogen-bond acceptors (Lipinski definition) is 5. The zero-order valence-electron chi connectivity index (χ0n) is 15.0. The molecule has 1 amide bonds. The Labute approximate surface area is 160 Å². The van der Waals surface area contributed by atoms with Crippen molar-refractivity contribution in [1.29, 1.82) is 0 Å². The Kier molecular flexibility index (Phi) is 7.00. The van der Waals surface area contributed by atoms with Gasteiger partial charge in [0.15, 0.2) is 5.03 Å². The SMILES string of the molecule is Cc1ccc(OCCCCNC(=O)c2cccnc2S(=O)(=O)C(F)(F)F)cc1. The normalized spacial score (nSPS) is 11.9. The van der Waals surface area contributed by atoms with Crippen LogP contribution in [0.1, 0.15) is 28.8 Å². The predicted molar refractivity (Wildman–Crippen MR) is 95.7 cm³/mol. The molecule has 0 fully saturated rings. The zero-order valence-corrected chi connectivity index (χ0v) is 15.8. The second-order valence-corrected chi connectivity index (χ2v) is 7.79. The van der Waals surface area contributed by atoms with Crippen molar-refractivity contribution in [3.8, 4) is 5.75 Å². The number of sulfone groups is 1. The first kappa shape index (κ1) is 21.7. The minimum atomic E-state index is -5.72. The average molecular weight is 416 g/mol. The van der Waals surface area contributed by atoms with Crippen LogP contribution in [0.15, 0.2) is 47.6 Å². The largest absolute Gasteiger partial charge is 0.503 e. The molecule has 0 saturated carbocycles. The second-order valence-electron chi connectivity index (χ2n) is 5.93. The van der Waals surface area contributed by atoms with Crippen molar-refractivity contribution in [2.75, 3.05) is 13.2 Å². The van der Waals surface area contributed by atoms with Crippen LogP contribution in [0.3, 0.4) is 0 Å².